The van der Waals surface area contributed by atoms with Gasteiger partial charge in [0.05, 0.1) is 5.52 Å². The molecular formula is C7H6ClN3. The first-order chi connectivity index (χ1) is 5.27. The third kappa shape index (κ3) is 0.935. The summed E-state index contributed by atoms with van der Waals surface area (Å²) in [5.41, 5.74) is 6.39. The molecule has 0 unspecified atom stereocenters. The van der Waals surface area contributed by atoms with Gasteiger partial charge in [0.2, 0.25) is 0 Å². The molecule has 0 saturated heterocycles. The van der Waals surface area contributed by atoms with E-state index in [-0.39, 0.29) is 0 Å². The molecule has 0 radical (unpaired) electrons. The zero-order chi connectivity index (χ0) is 7.84. The summed E-state index contributed by atoms with van der Waals surface area (Å²) in [6.45, 7) is 0. The van der Waals surface area contributed by atoms with Crippen LogP contribution in [0.3, 0.4) is 0 Å². The Kier molecular flexibility index (Phi) is 1.26. The Morgan fingerprint density at radius 3 is 3.18 bits per heavy atom. The molecule has 56 valence electrons. The van der Waals surface area contributed by atoms with Crippen LogP contribution in [0.5, 0.6) is 0 Å². The molecule has 3 nitrogen and oxygen atoms in total. The van der Waals surface area contributed by atoms with Gasteiger partial charge in [-0.15, -0.1) is 0 Å². The lowest BCUT2D eigenvalue weighted by atomic mass is 10.3. The second-order valence-corrected chi connectivity index (χ2v) is 2.63. The summed E-state index contributed by atoms with van der Waals surface area (Å²) in [7, 11) is 0. The van der Waals surface area contributed by atoms with Crippen molar-refractivity contribution in [2.24, 2.45) is 0 Å². The van der Waals surface area contributed by atoms with E-state index in [0.29, 0.717) is 11.0 Å². The number of nitrogen functional groups attached to an aromatic ring is 1. The number of nitrogens with zero attached hydrogens (tertiary/aromatic N) is 1. The first-order valence-electron chi connectivity index (χ1n) is 3.16. The quantitative estimate of drug-likeness (QED) is 0.588. The van der Waals surface area contributed by atoms with Crippen LogP contribution >= 0.6 is 11.6 Å². The van der Waals surface area contributed by atoms with Gasteiger partial charge < -0.3 is 10.7 Å². The lowest BCUT2D eigenvalue weighted by Crippen LogP contribution is -1.89. The number of H-pyrrole nitrogens is 1. The fourth-order valence-corrected chi connectivity index (χ4v) is 1.30. The molecule has 2 rings (SSSR count). The second kappa shape index (κ2) is 2.13. The van der Waals surface area contributed by atoms with Crippen molar-refractivity contribution >= 4 is 28.3 Å². The predicted molar refractivity (Wildman–Crippen MR) is 45.5 cm³/mol. The number of nitrogens with one attached hydrogen (secondary N) is 1. The number of aromatic amines is 1. The largest absolute Gasteiger partial charge is 0.384 e. The van der Waals surface area contributed by atoms with Gasteiger partial charge in [-0.1, -0.05) is 11.6 Å². The topological polar surface area (TPSA) is 54.7 Å². The van der Waals surface area contributed by atoms with Gasteiger partial charge >= 0.3 is 0 Å². The molecule has 0 saturated carbocycles. The van der Waals surface area contributed by atoms with Crippen molar-refractivity contribution in [2.45, 2.75) is 0 Å². The minimum atomic E-state index is 0.435. The Morgan fingerprint density at radius 2 is 2.36 bits per heavy atom. The minimum absolute atomic E-state index is 0.435. The average Bonchev–Trinajstić information content (AvgIpc) is 2.34. The van der Waals surface area contributed by atoms with Crippen LogP contribution in [-0.4, -0.2) is 9.97 Å². The zero-order valence-corrected chi connectivity index (χ0v) is 6.39. The molecule has 0 spiro atoms. The highest BCUT2D eigenvalue weighted by atomic mass is 35.5. The molecule has 11 heavy (non-hydrogen) atoms. The number of fused-ring (bicyclic) bond motifs is 1. The maximum Gasteiger partial charge on any atom is 0.140 e. The Morgan fingerprint density at radius 1 is 1.55 bits per heavy atom. The molecule has 0 aliphatic rings. The summed E-state index contributed by atoms with van der Waals surface area (Å²) in [5, 5.41) is 1.35. The summed E-state index contributed by atoms with van der Waals surface area (Å²) < 4.78 is 0. The number of anilines is 1. The lowest BCUT2D eigenvalue weighted by Gasteiger charge is -1.94. The average molecular weight is 168 g/mol. The highest BCUT2D eigenvalue weighted by Gasteiger charge is 2.01. The Labute approximate surface area is 68.2 Å². The number of pyridine rings is 1. The molecule has 0 atom stereocenters. The van der Waals surface area contributed by atoms with Crippen molar-refractivity contribution < 1.29 is 0 Å². The highest BCUT2D eigenvalue weighted by Crippen LogP contribution is 2.21. The summed E-state index contributed by atoms with van der Waals surface area (Å²) >= 11 is 5.79. The number of hydrogen-bond donors (Lipinski definition) is 2. The van der Waals surface area contributed by atoms with Gasteiger partial charge in [-0.2, -0.15) is 0 Å². The SMILES string of the molecule is Nc1cc2[nH]ccc2c(Cl)n1. The molecule has 2 aromatic heterocycles. The molecule has 3 N–H and O–H groups in total. The van der Waals surface area contributed by atoms with Gasteiger partial charge in [0.1, 0.15) is 11.0 Å². The van der Waals surface area contributed by atoms with Crippen LogP contribution in [0.1, 0.15) is 0 Å². The lowest BCUT2D eigenvalue weighted by molar-refractivity contribution is 1.36. The Bertz CT molecular complexity index is 393. The van der Waals surface area contributed by atoms with Crippen LogP contribution in [0.15, 0.2) is 18.3 Å². The van der Waals surface area contributed by atoms with Crippen LogP contribution < -0.4 is 5.73 Å². The van der Waals surface area contributed by atoms with Crippen molar-refractivity contribution in [3.05, 3.63) is 23.5 Å². The number of rotatable bonds is 0. The van der Waals surface area contributed by atoms with E-state index in [9.17, 15) is 0 Å². The van der Waals surface area contributed by atoms with Crippen LogP contribution in [0.25, 0.3) is 10.9 Å². The molecule has 4 heteroatoms. The van der Waals surface area contributed by atoms with Gasteiger partial charge in [-0.05, 0) is 6.07 Å². The van der Waals surface area contributed by atoms with Gasteiger partial charge in [-0.3, -0.25) is 0 Å². The molecular weight excluding hydrogens is 162 g/mol. The van der Waals surface area contributed by atoms with Crippen molar-refractivity contribution in [1.29, 1.82) is 0 Å². The molecule has 2 aromatic rings. The highest BCUT2D eigenvalue weighted by molar-refractivity contribution is 6.34. The van der Waals surface area contributed by atoms with Gasteiger partial charge in [0.25, 0.3) is 0 Å². The summed E-state index contributed by atoms with van der Waals surface area (Å²) in [5.74, 6) is 0.435. The van der Waals surface area contributed by atoms with Crippen molar-refractivity contribution in [2.75, 3.05) is 5.73 Å². The van der Waals surface area contributed by atoms with Crippen molar-refractivity contribution in [3.63, 3.8) is 0 Å². The summed E-state index contributed by atoms with van der Waals surface area (Å²) in [6.07, 6.45) is 1.80. The maximum atomic E-state index is 5.79. The molecule has 0 fully saturated rings. The standard InChI is InChI=1S/C7H6ClN3/c8-7-4-1-2-10-5(4)3-6(9)11-7/h1-3,10H,(H2,9,11). The number of halogens is 1. The van der Waals surface area contributed by atoms with E-state index in [2.05, 4.69) is 9.97 Å². The van der Waals surface area contributed by atoms with Gasteiger partial charge in [-0.25, -0.2) is 4.98 Å². The van der Waals surface area contributed by atoms with E-state index < -0.39 is 0 Å². The fraction of sp³-hybridized carbons (Fsp3) is 0. The Hall–Kier alpha value is -1.22. The number of nitrogens with two attached hydrogens (primary N) is 1. The van der Waals surface area contributed by atoms with Gasteiger partial charge in [0.15, 0.2) is 0 Å². The first kappa shape index (κ1) is 6.49. The first-order valence-corrected chi connectivity index (χ1v) is 3.54. The van der Waals surface area contributed by atoms with Crippen LogP contribution in [0, 0.1) is 0 Å². The summed E-state index contributed by atoms with van der Waals surface area (Å²) in [4.78, 5) is 6.89. The van der Waals surface area contributed by atoms with Crippen LogP contribution in [0.4, 0.5) is 5.82 Å². The molecule has 2 heterocycles. The second-order valence-electron chi connectivity index (χ2n) is 2.28. The summed E-state index contributed by atoms with van der Waals surface area (Å²) in [6, 6.07) is 3.62. The van der Waals surface area contributed by atoms with Crippen molar-refractivity contribution in [1.82, 2.24) is 9.97 Å². The third-order valence-electron chi connectivity index (χ3n) is 1.52. The smallest absolute Gasteiger partial charge is 0.140 e. The fourth-order valence-electron chi connectivity index (χ4n) is 1.04. The van der Waals surface area contributed by atoms with Crippen LogP contribution in [0.2, 0.25) is 5.15 Å². The van der Waals surface area contributed by atoms with E-state index in [1.54, 1.807) is 12.3 Å². The zero-order valence-electron chi connectivity index (χ0n) is 5.63. The Balaban J connectivity index is 2.91. The molecule has 0 aliphatic heterocycles. The van der Waals surface area contributed by atoms with Gasteiger partial charge in [0, 0.05) is 17.6 Å². The monoisotopic (exact) mass is 167 g/mol. The number of hydrogen-bond acceptors (Lipinski definition) is 2. The maximum absolute atomic E-state index is 5.79. The predicted octanol–water partition coefficient (Wildman–Crippen LogP) is 1.80. The third-order valence-corrected chi connectivity index (χ3v) is 1.81. The molecule has 0 amide bonds. The van der Waals surface area contributed by atoms with E-state index >= 15 is 0 Å². The van der Waals surface area contributed by atoms with E-state index in [4.69, 9.17) is 17.3 Å². The van der Waals surface area contributed by atoms with Crippen molar-refractivity contribution in [3.8, 4) is 0 Å². The number of aromatic nitrogens is 2. The normalized spacial score (nSPS) is 10.6. The van der Waals surface area contributed by atoms with Crippen LogP contribution in [-0.2, 0) is 0 Å². The molecule has 0 aromatic carbocycles. The minimum Gasteiger partial charge on any atom is -0.384 e. The molecule has 0 aliphatic carbocycles. The van der Waals surface area contributed by atoms with E-state index in [1.807, 2.05) is 6.07 Å². The van der Waals surface area contributed by atoms with E-state index in [1.165, 1.54) is 0 Å². The molecule has 0 bridgehead atoms. The van der Waals surface area contributed by atoms with E-state index in [0.717, 1.165) is 10.9 Å².